The monoisotopic (exact) mass is 351 g/mol. The summed E-state index contributed by atoms with van der Waals surface area (Å²) in [5.41, 5.74) is 1.44. The minimum atomic E-state index is -0.496. The van der Waals surface area contributed by atoms with E-state index in [0.29, 0.717) is 12.5 Å². The van der Waals surface area contributed by atoms with E-state index >= 15 is 0 Å². The molecule has 2 aromatic heterocycles. The molecule has 132 valence electrons. The lowest BCUT2D eigenvalue weighted by Crippen LogP contribution is -2.24. The van der Waals surface area contributed by atoms with Crippen molar-refractivity contribution >= 4 is 17.5 Å². The van der Waals surface area contributed by atoms with Gasteiger partial charge >= 0.3 is 0 Å². The number of carbonyl (C=O) groups is 1. The van der Waals surface area contributed by atoms with E-state index in [1.165, 1.54) is 24.4 Å². The van der Waals surface area contributed by atoms with Gasteiger partial charge in [-0.3, -0.25) is 9.78 Å². The van der Waals surface area contributed by atoms with Gasteiger partial charge in [0.05, 0.1) is 5.69 Å². The number of nitrogens with zero attached hydrogens (tertiary/aromatic N) is 4. The predicted octanol–water partition coefficient (Wildman–Crippen LogP) is 2.94. The summed E-state index contributed by atoms with van der Waals surface area (Å²) in [6.45, 7) is 0.683. The Morgan fingerprint density at radius 1 is 1.12 bits per heavy atom. The molecule has 1 amide bonds. The lowest BCUT2D eigenvalue weighted by molar-refractivity contribution is 0.102. The van der Waals surface area contributed by atoms with Crippen LogP contribution in [0.25, 0.3) is 0 Å². The first-order valence-electron chi connectivity index (χ1n) is 8.12. The van der Waals surface area contributed by atoms with Crippen molar-refractivity contribution in [1.29, 1.82) is 0 Å². The van der Waals surface area contributed by atoms with E-state index in [1.807, 2.05) is 24.1 Å². The average Bonchev–Trinajstić information content (AvgIpc) is 2.69. The first kappa shape index (κ1) is 17.5. The smallest absolute Gasteiger partial charge is 0.274 e. The number of hydrogen-bond acceptors (Lipinski definition) is 5. The normalized spacial score (nSPS) is 10.4. The number of amides is 1. The Labute approximate surface area is 150 Å². The fraction of sp³-hybridized carbons (Fsp3) is 0.158. The molecule has 3 aromatic rings. The van der Waals surface area contributed by atoms with Gasteiger partial charge in [0.1, 0.15) is 11.5 Å². The number of carbonyl (C=O) groups excluding carboxylic acids is 1. The molecule has 1 aromatic carbocycles. The topological polar surface area (TPSA) is 71.0 Å². The Kier molecular flexibility index (Phi) is 5.48. The third-order valence-electron chi connectivity index (χ3n) is 3.82. The summed E-state index contributed by atoms with van der Waals surface area (Å²) in [6, 6.07) is 11.4. The highest BCUT2D eigenvalue weighted by atomic mass is 19.1. The average molecular weight is 351 g/mol. The van der Waals surface area contributed by atoms with Crippen molar-refractivity contribution in [3.63, 3.8) is 0 Å². The number of para-hydroxylation sites is 1. The van der Waals surface area contributed by atoms with Crippen molar-refractivity contribution in [2.24, 2.45) is 0 Å². The number of rotatable bonds is 6. The van der Waals surface area contributed by atoms with Gasteiger partial charge in [0, 0.05) is 32.2 Å². The van der Waals surface area contributed by atoms with E-state index in [1.54, 1.807) is 24.5 Å². The molecule has 0 saturated carbocycles. The van der Waals surface area contributed by atoms with Gasteiger partial charge in [0.2, 0.25) is 5.95 Å². The number of likely N-dealkylation sites (N-methyl/N-ethyl adjacent to an activating group) is 1. The molecule has 0 aliphatic heterocycles. The molecule has 1 N–H and O–H groups in total. The molecule has 0 spiro atoms. The fourth-order valence-electron chi connectivity index (χ4n) is 2.35. The Balaban J connectivity index is 1.67. The molecular weight excluding hydrogens is 333 g/mol. The molecule has 0 aliphatic rings. The second-order valence-corrected chi connectivity index (χ2v) is 5.70. The molecule has 0 fully saturated rings. The highest BCUT2D eigenvalue weighted by Gasteiger charge is 2.13. The number of nitrogens with one attached hydrogen (secondary N) is 1. The summed E-state index contributed by atoms with van der Waals surface area (Å²) in [6.07, 6.45) is 5.81. The molecule has 0 atom stereocenters. The summed E-state index contributed by atoms with van der Waals surface area (Å²) in [5, 5.41) is 2.52. The van der Waals surface area contributed by atoms with E-state index in [2.05, 4.69) is 20.3 Å². The number of hydrogen-bond donors (Lipinski definition) is 1. The van der Waals surface area contributed by atoms with Crippen LogP contribution in [0.4, 0.5) is 16.0 Å². The van der Waals surface area contributed by atoms with Gasteiger partial charge in [-0.05, 0) is 42.3 Å². The maximum Gasteiger partial charge on any atom is 0.274 e. The van der Waals surface area contributed by atoms with Crippen molar-refractivity contribution in [3.8, 4) is 0 Å². The molecule has 0 aliphatic carbocycles. The van der Waals surface area contributed by atoms with Crippen LogP contribution in [-0.4, -0.2) is 34.5 Å². The third kappa shape index (κ3) is 4.38. The standard InChI is InChI=1S/C19H18FN5O/c1-25(13-9-14-6-10-21-11-7-14)19-22-12-8-17(24-19)18(26)23-16-5-3-2-4-15(16)20/h2-8,10-12H,9,13H2,1H3,(H,23,26). The molecule has 0 radical (unpaired) electrons. The Bertz CT molecular complexity index is 888. The van der Waals surface area contributed by atoms with E-state index in [4.69, 9.17) is 0 Å². The van der Waals surface area contributed by atoms with Crippen molar-refractivity contribution in [1.82, 2.24) is 15.0 Å². The van der Waals surface area contributed by atoms with Crippen LogP contribution in [0.2, 0.25) is 0 Å². The van der Waals surface area contributed by atoms with Gasteiger partial charge in [-0.1, -0.05) is 12.1 Å². The van der Waals surface area contributed by atoms with Crippen molar-refractivity contribution in [2.75, 3.05) is 23.8 Å². The maximum absolute atomic E-state index is 13.7. The molecule has 26 heavy (non-hydrogen) atoms. The second kappa shape index (κ2) is 8.15. The van der Waals surface area contributed by atoms with Crippen molar-refractivity contribution in [2.45, 2.75) is 6.42 Å². The number of pyridine rings is 1. The van der Waals surface area contributed by atoms with Gasteiger partial charge in [-0.25, -0.2) is 14.4 Å². The van der Waals surface area contributed by atoms with E-state index < -0.39 is 11.7 Å². The van der Waals surface area contributed by atoms with Gasteiger partial charge in [-0.15, -0.1) is 0 Å². The zero-order valence-corrected chi connectivity index (χ0v) is 14.3. The number of anilines is 2. The lowest BCUT2D eigenvalue weighted by atomic mass is 10.2. The molecule has 0 bridgehead atoms. The summed E-state index contributed by atoms with van der Waals surface area (Å²) in [5.74, 6) is -0.550. The molecule has 0 unspecified atom stereocenters. The van der Waals surface area contributed by atoms with Gasteiger partial charge in [0.15, 0.2) is 0 Å². The van der Waals surface area contributed by atoms with Gasteiger partial charge in [0.25, 0.3) is 5.91 Å². The van der Waals surface area contributed by atoms with Crippen LogP contribution in [0, 0.1) is 5.82 Å². The lowest BCUT2D eigenvalue weighted by Gasteiger charge is -2.17. The summed E-state index contributed by atoms with van der Waals surface area (Å²) >= 11 is 0. The van der Waals surface area contributed by atoms with Crippen molar-refractivity contribution < 1.29 is 9.18 Å². The number of benzene rings is 1. The largest absolute Gasteiger partial charge is 0.344 e. The van der Waals surface area contributed by atoms with Crippen LogP contribution in [0.1, 0.15) is 16.1 Å². The highest BCUT2D eigenvalue weighted by molar-refractivity contribution is 6.03. The summed E-state index contributed by atoms with van der Waals surface area (Å²) in [4.78, 5) is 26.7. The molecule has 0 saturated heterocycles. The number of halogens is 1. The molecule has 3 rings (SSSR count). The SMILES string of the molecule is CN(CCc1ccncc1)c1nccc(C(=O)Nc2ccccc2F)n1. The van der Waals surface area contributed by atoms with Crippen molar-refractivity contribution in [3.05, 3.63) is 78.1 Å². The highest BCUT2D eigenvalue weighted by Crippen LogP contribution is 2.14. The molecule has 7 heteroatoms. The van der Waals surface area contributed by atoms with Gasteiger partial charge < -0.3 is 10.2 Å². The fourth-order valence-corrected chi connectivity index (χ4v) is 2.35. The van der Waals surface area contributed by atoms with E-state index in [-0.39, 0.29) is 11.4 Å². The van der Waals surface area contributed by atoms with Crippen LogP contribution in [0.3, 0.4) is 0 Å². The van der Waals surface area contributed by atoms with E-state index in [0.717, 1.165) is 12.0 Å². The molecule has 6 nitrogen and oxygen atoms in total. The van der Waals surface area contributed by atoms with Crippen LogP contribution < -0.4 is 10.2 Å². The van der Waals surface area contributed by atoms with Gasteiger partial charge in [-0.2, -0.15) is 0 Å². The Morgan fingerprint density at radius 2 is 1.88 bits per heavy atom. The second-order valence-electron chi connectivity index (χ2n) is 5.70. The van der Waals surface area contributed by atoms with Crippen LogP contribution in [-0.2, 0) is 6.42 Å². The third-order valence-corrected chi connectivity index (χ3v) is 3.82. The zero-order chi connectivity index (χ0) is 18.4. The quantitative estimate of drug-likeness (QED) is 0.739. The Hall–Kier alpha value is -3.35. The minimum Gasteiger partial charge on any atom is -0.344 e. The van der Waals surface area contributed by atoms with Crippen LogP contribution >= 0.6 is 0 Å². The molecule has 2 heterocycles. The maximum atomic E-state index is 13.7. The van der Waals surface area contributed by atoms with E-state index in [9.17, 15) is 9.18 Å². The predicted molar refractivity (Wildman–Crippen MR) is 97.6 cm³/mol. The first-order valence-corrected chi connectivity index (χ1v) is 8.12. The molecular formula is C19H18FN5O. The van der Waals surface area contributed by atoms with Crippen LogP contribution in [0.15, 0.2) is 61.1 Å². The summed E-state index contributed by atoms with van der Waals surface area (Å²) in [7, 11) is 1.86. The first-order chi connectivity index (χ1) is 12.6. The number of aromatic nitrogens is 3. The summed E-state index contributed by atoms with van der Waals surface area (Å²) < 4.78 is 13.7. The minimum absolute atomic E-state index is 0.115. The van der Waals surface area contributed by atoms with Crippen LogP contribution in [0.5, 0.6) is 0 Å². The Morgan fingerprint density at radius 3 is 2.65 bits per heavy atom. The zero-order valence-electron chi connectivity index (χ0n) is 14.3.